The SMILES string of the molecule is CCC(NC1CCOc2ccccc2C1)c1cnco1. The smallest absolute Gasteiger partial charge is 0.180 e. The van der Waals surface area contributed by atoms with Crippen molar-refractivity contribution >= 4 is 0 Å². The van der Waals surface area contributed by atoms with E-state index in [1.807, 2.05) is 12.1 Å². The number of oxazole rings is 1. The van der Waals surface area contributed by atoms with E-state index in [1.165, 1.54) is 12.0 Å². The normalized spacial score (nSPS) is 19.8. The van der Waals surface area contributed by atoms with E-state index in [1.54, 1.807) is 6.20 Å². The molecule has 0 bridgehead atoms. The third-order valence-corrected chi connectivity index (χ3v) is 3.80. The van der Waals surface area contributed by atoms with Crippen molar-refractivity contribution in [1.29, 1.82) is 0 Å². The van der Waals surface area contributed by atoms with E-state index in [0.29, 0.717) is 6.04 Å². The third-order valence-electron chi connectivity index (χ3n) is 3.80. The van der Waals surface area contributed by atoms with Crippen LogP contribution in [0, 0.1) is 0 Å². The summed E-state index contributed by atoms with van der Waals surface area (Å²) in [5.41, 5.74) is 1.27. The molecular weight excluding hydrogens is 252 g/mol. The Morgan fingerprint density at radius 2 is 2.30 bits per heavy atom. The molecule has 1 aromatic carbocycles. The molecule has 0 fully saturated rings. The number of rotatable bonds is 4. The lowest BCUT2D eigenvalue weighted by Gasteiger charge is -2.22. The van der Waals surface area contributed by atoms with Crippen molar-refractivity contribution in [3.63, 3.8) is 0 Å². The molecule has 0 saturated heterocycles. The fourth-order valence-corrected chi connectivity index (χ4v) is 2.72. The largest absolute Gasteiger partial charge is 0.493 e. The maximum absolute atomic E-state index is 5.81. The zero-order valence-corrected chi connectivity index (χ0v) is 11.7. The molecule has 20 heavy (non-hydrogen) atoms. The number of nitrogens with zero attached hydrogens (tertiary/aromatic N) is 1. The molecule has 2 heterocycles. The number of hydrogen-bond donors (Lipinski definition) is 1. The molecule has 1 aromatic heterocycles. The number of para-hydroxylation sites is 1. The molecule has 0 saturated carbocycles. The van der Waals surface area contributed by atoms with E-state index in [2.05, 4.69) is 29.4 Å². The summed E-state index contributed by atoms with van der Waals surface area (Å²) in [4.78, 5) is 4.01. The molecule has 0 radical (unpaired) electrons. The van der Waals surface area contributed by atoms with Crippen LogP contribution in [0.15, 0.2) is 41.3 Å². The van der Waals surface area contributed by atoms with E-state index < -0.39 is 0 Å². The highest BCUT2D eigenvalue weighted by molar-refractivity contribution is 5.34. The van der Waals surface area contributed by atoms with Gasteiger partial charge in [0, 0.05) is 6.04 Å². The summed E-state index contributed by atoms with van der Waals surface area (Å²) < 4.78 is 11.2. The van der Waals surface area contributed by atoms with Crippen LogP contribution in [0.1, 0.15) is 37.1 Å². The minimum Gasteiger partial charge on any atom is -0.493 e. The number of ether oxygens (including phenoxy) is 1. The highest BCUT2D eigenvalue weighted by Gasteiger charge is 2.21. The second kappa shape index (κ2) is 6.09. The summed E-state index contributed by atoms with van der Waals surface area (Å²) >= 11 is 0. The lowest BCUT2D eigenvalue weighted by Crippen LogP contribution is -2.34. The quantitative estimate of drug-likeness (QED) is 0.929. The Hall–Kier alpha value is -1.81. The van der Waals surface area contributed by atoms with Crippen LogP contribution >= 0.6 is 0 Å². The number of hydrogen-bond acceptors (Lipinski definition) is 4. The number of benzene rings is 1. The van der Waals surface area contributed by atoms with Crippen LogP contribution in [-0.4, -0.2) is 17.6 Å². The standard InChI is InChI=1S/C16H20N2O2/c1-2-14(16-10-17-11-20-16)18-13-7-8-19-15-6-4-3-5-12(15)9-13/h3-6,10-11,13-14,18H,2,7-9H2,1H3. The highest BCUT2D eigenvalue weighted by Crippen LogP contribution is 2.25. The van der Waals surface area contributed by atoms with Crippen molar-refractivity contribution < 1.29 is 9.15 Å². The summed E-state index contributed by atoms with van der Waals surface area (Å²) in [6.07, 6.45) is 6.25. The molecular formula is C16H20N2O2. The van der Waals surface area contributed by atoms with Gasteiger partial charge in [-0.2, -0.15) is 0 Å². The molecule has 0 spiro atoms. The van der Waals surface area contributed by atoms with Gasteiger partial charge in [-0.25, -0.2) is 4.98 Å². The first-order chi connectivity index (χ1) is 9.86. The van der Waals surface area contributed by atoms with Crippen LogP contribution in [0.5, 0.6) is 5.75 Å². The average Bonchev–Trinajstić information content (AvgIpc) is 2.92. The number of nitrogens with one attached hydrogen (secondary N) is 1. The Labute approximate surface area is 119 Å². The Bertz CT molecular complexity index is 539. The van der Waals surface area contributed by atoms with Crippen molar-refractivity contribution in [2.45, 2.75) is 38.3 Å². The molecule has 106 valence electrons. The molecule has 2 unspecified atom stereocenters. The molecule has 2 aromatic rings. The predicted octanol–water partition coefficient (Wildman–Crippen LogP) is 3.11. The number of aromatic nitrogens is 1. The molecule has 0 amide bonds. The van der Waals surface area contributed by atoms with E-state index in [0.717, 1.165) is 37.4 Å². The van der Waals surface area contributed by atoms with Gasteiger partial charge in [-0.15, -0.1) is 0 Å². The van der Waals surface area contributed by atoms with E-state index >= 15 is 0 Å². The molecule has 1 aliphatic heterocycles. The molecule has 1 N–H and O–H groups in total. The van der Waals surface area contributed by atoms with Crippen molar-refractivity contribution in [2.24, 2.45) is 0 Å². The van der Waals surface area contributed by atoms with Gasteiger partial charge in [-0.1, -0.05) is 25.1 Å². The number of fused-ring (bicyclic) bond motifs is 1. The van der Waals surface area contributed by atoms with Gasteiger partial charge < -0.3 is 14.5 Å². The minimum atomic E-state index is 0.216. The van der Waals surface area contributed by atoms with Crippen LogP contribution in [0.3, 0.4) is 0 Å². The Kier molecular flexibility index (Phi) is 4.02. The molecule has 1 aliphatic rings. The van der Waals surface area contributed by atoms with E-state index in [4.69, 9.17) is 9.15 Å². The maximum atomic E-state index is 5.81. The van der Waals surface area contributed by atoms with Crippen molar-refractivity contribution in [2.75, 3.05) is 6.61 Å². The second-order valence-electron chi connectivity index (χ2n) is 5.18. The van der Waals surface area contributed by atoms with Gasteiger partial charge in [0.2, 0.25) is 0 Å². The van der Waals surface area contributed by atoms with Crippen molar-refractivity contribution in [1.82, 2.24) is 10.3 Å². The van der Waals surface area contributed by atoms with E-state index in [9.17, 15) is 0 Å². The Balaban J connectivity index is 1.71. The first kappa shape index (κ1) is 13.2. The molecule has 2 atom stereocenters. The van der Waals surface area contributed by atoms with E-state index in [-0.39, 0.29) is 6.04 Å². The molecule has 4 heteroatoms. The molecule has 3 rings (SSSR count). The van der Waals surface area contributed by atoms with Gasteiger partial charge in [0.25, 0.3) is 0 Å². The summed E-state index contributed by atoms with van der Waals surface area (Å²) in [5, 5.41) is 3.68. The van der Waals surface area contributed by atoms with Gasteiger partial charge in [0.05, 0.1) is 18.8 Å². The first-order valence-corrected chi connectivity index (χ1v) is 7.22. The average molecular weight is 272 g/mol. The fourth-order valence-electron chi connectivity index (χ4n) is 2.72. The van der Waals surface area contributed by atoms with Crippen LogP contribution < -0.4 is 10.1 Å². The zero-order chi connectivity index (χ0) is 13.8. The summed E-state index contributed by atoms with van der Waals surface area (Å²) in [6.45, 7) is 2.91. The monoisotopic (exact) mass is 272 g/mol. The van der Waals surface area contributed by atoms with Crippen molar-refractivity contribution in [3.05, 3.63) is 48.2 Å². The van der Waals surface area contributed by atoms with Gasteiger partial charge in [0.15, 0.2) is 6.39 Å². The lowest BCUT2D eigenvalue weighted by molar-refractivity contribution is 0.285. The van der Waals surface area contributed by atoms with Crippen molar-refractivity contribution in [3.8, 4) is 5.75 Å². The minimum absolute atomic E-state index is 0.216. The fraction of sp³-hybridized carbons (Fsp3) is 0.438. The van der Waals surface area contributed by atoms with Gasteiger partial charge in [-0.3, -0.25) is 0 Å². The molecule has 4 nitrogen and oxygen atoms in total. The zero-order valence-electron chi connectivity index (χ0n) is 11.7. The lowest BCUT2D eigenvalue weighted by atomic mass is 10.0. The Morgan fingerprint density at radius 3 is 3.10 bits per heavy atom. The van der Waals surface area contributed by atoms with Crippen LogP contribution in [0.4, 0.5) is 0 Å². The first-order valence-electron chi connectivity index (χ1n) is 7.22. The topological polar surface area (TPSA) is 47.3 Å². The van der Waals surface area contributed by atoms with Gasteiger partial charge in [-0.05, 0) is 30.9 Å². The summed E-state index contributed by atoms with van der Waals surface area (Å²) in [5.74, 6) is 1.93. The van der Waals surface area contributed by atoms with Gasteiger partial charge in [0.1, 0.15) is 11.5 Å². The van der Waals surface area contributed by atoms with Crippen LogP contribution in [0.25, 0.3) is 0 Å². The third kappa shape index (κ3) is 2.85. The molecule has 0 aliphatic carbocycles. The highest BCUT2D eigenvalue weighted by atomic mass is 16.5. The Morgan fingerprint density at radius 1 is 1.40 bits per heavy atom. The maximum Gasteiger partial charge on any atom is 0.180 e. The van der Waals surface area contributed by atoms with Crippen LogP contribution in [-0.2, 0) is 6.42 Å². The second-order valence-corrected chi connectivity index (χ2v) is 5.18. The van der Waals surface area contributed by atoms with Crippen LogP contribution in [0.2, 0.25) is 0 Å². The summed E-state index contributed by atoms with van der Waals surface area (Å²) in [7, 11) is 0. The summed E-state index contributed by atoms with van der Waals surface area (Å²) in [6, 6.07) is 8.89. The van der Waals surface area contributed by atoms with Gasteiger partial charge >= 0.3 is 0 Å². The predicted molar refractivity (Wildman–Crippen MR) is 76.7 cm³/mol.